The van der Waals surface area contributed by atoms with E-state index in [0.717, 1.165) is 17.1 Å². The molecule has 4 nitrogen and oxygen atoms in total. The number of rotatable bonds is 5. The highest BCUT2D eigenvalue weighted by atomic mass is 32.1. The van der Waals surface area contributed by atoms with Crippen LogP contribution in [0.4, 0.5) is 0 Å². The van der Waals surface area contributed by atoms with E-state index in [1.165, 1.54) is 5.56 Å². The minimum Gasteiger partial charge on any atom is -0.383 e. The third-order valence-corrected chi connectivity index (χ3v) is 4.30. The van der Waals surface area contributed by atoms with Crippen molar-refractivity contribution < 1.29 is 5.11 Å². The fraction of sp³-hybridized carbons (Fsp3) is 0.462. The molecule has 0 saturated carbocycles. The number of hydrogen-bond acceptors (Lipinski definition) is 4. The summed E-state index contributed by atoms with van der Waals surface area (Å²) in [5.74, 6) is 0. The Bertz CT molecular complexity index is 502. The van der Waals surface area contributed by atoms with Crippen molar-refractivity contribution in [3.05, 3.63) is 39.8 Å². The predicted octanol–water partition coefficient (Wildman–Crippen LogP) is 1.79. The van der Waals surface area contributed by atoms with Gasteiger partial charge in [-0.25, -0.2) is 0 Å². The first kappa shape index (κ1) is 13.3. The van der Waals surface area contributed by atoms with Crippen molar-refractivity contribution >= 4 is 11.3 Å². The Balaban J connectivity index is 1.91. The molecule has 1 unspecified atom stereocenters. The maximum atomic E-state index is 10.4. The fourth-order valence-corrected chi connectivity index (χ4v) is 2.62. The van der Waals surface area contributed by atoms with Crippen molar-refractivity contribution in [1.82, 2.24) is 15.1 Å². The van der Waals surface area contributed by atoms with Gasteiger partial charge in [-0.3, -0.25) is 4.68 Å². The van der Waals surface area contributed by atoms with Crippen LogP contribution in [-0.4, -0.2) is 21.4 Å². The van der Waals surface area contributed by atoms with E-state index in [9.17, 15) is 5.11 Å². The van der Waals surface area contributed by atoms with E-state index < -0.39 is 5.60 Å². The Labute approximate surface area is 111 Å². The van der Waals surface area contributed by atoms with Crippen LogP contribution in [-0.2, 0) is 19.2 Å². The molecule has 0 saturated heterocycles. The zero-order valence-corrected chi connectivity index (χ0v) is 11.8. The number of aliphatic hydroxyl groups is 1. The summed E-state index contributed by atoms with van der Waals surface area (Å²) >= 11 is 1.58. The number of nitrogens with one attached hydrogen (secondary N) is 1. The maximum absolute atomic E-state index is 10.4. The normalized spacial score (nSPS) is 14.7. The van der Waals surface area contributed by atoms with E-state index in [-0.39, 0.29) is 0 Å². The van der Waals surface area contributed by atoms with E-state index in [2.05, 4.69) is 10.4 Å². The number of aryl methyl sites for hydroxylation is 1. The monoisotopic (exact) mass is 265 g/mol. The minimum atomic E-state index is -0.815. The van der Waals surface area contributed by atoms with Gasteiger partial charge in [0.2, 0.25) is 0 Å². The smallest absolute Gasteiger partial charge is 0.108 e. The summed E-state index contributed by atoms with van der Waals surface area (Å²) in [5, 5.41) is 19.8. The van der Waals surface area contributed by atoms with Gasteiger partial charge in [-0.2, -0.15) is 5.10 Å². The second kappa shape index (κ2) is 5.22. The van der Waals surface area contributed by atoms with E-state index in [1.807, 2.05) is 49.3 Å². The first-order valence-electron chi connectivity index (χ1n) is 5.95. The van der Waals surface area contributed by atoms with Crippen LogP contribution in [0.25, 0.3) is 0 Å². The van der Waals surface area contributed by atoms with Crippen LogP contribution in [0, 0.1) is 6.92 Å². The minimum absolute atomic E-state index is 0.530. The highest BCUT2D eigenvalue weighted by Crippen LogP contribution is 2.24. The highest BCUT2D eigenvalue weighted by Gasteiger charge is 2.23. The summed E-state index contributed by atoms with van der Waals surface area (Å²) in [4.78, 5) is 0.984. The molecule has 2 N–H and O–H groups in total. The largest absolute Gasteiger partial charge is 0.383 e. The molecule has 1 atom stereocenters. The lowest BCUT2D eigenvalue weighted by Crippen LogP contribution is -2.34. The second-order valence-corrected chi connectivity index (χ2v) is 5.68. The molecule has 2 aromatic rings. The molecule has 0 spiro atoms. The van der Waals surface area contributed by atoms with Gasteiger partial charge in [0.25, 0.3) is 0 Å². The molecular weight excluding hydrogens is 246 g/mol. The lowest BCUT2D eigenvalue weighted by molar-refractivity contribution is 0.0604. The van der Waals surface area contributed by atoms with Gasteiger partial charge in [-0.1, -0.05) is 6.07 Å². The lowest BCUT2D eigenvalue weighted by Gasteiger charge is -2.22. The fourth-order valence-electron chi connectivity index (χ4n) is 1.83. The zero-order chi connectivity index (χ0) is 13.2. The van der Waals surface area contributed by atoms with Crippen molar-refractivity contribution in [2.45, 2.75) is 26.0 Å². The molecule has 0 aliphatic heterocycles. The molecule has 0 bridgehead atoms. The van der Waals surface area contributed by atoms with E-state index in [0.29, 0.717) is 6.54 Å². The average molecular weight is 265 g/mol. The van der Waals surface area contributed by atoms with E-state index in [4.69, 9.17) is 0 Å². The quantitative estimate of drug-likeness (QED) is 0.866. The number of thiophene rings is 1. The summed E-state index contributed by atoms with van der Waals surface area (Å²) < 4.78 is 1.86. The summed E-state index contributed by atoms with van der Waals surface area (Å²) in [5.41, 5.74) is 1.50. The van der Waals surface area contributed by atoms with Crippen LogP contribution in [0.5, 0.6) is 0 Å². The van der Waals surface area contributed by atoms with Crippen molar-refractivity contribution in [2.24, 2.45) is 7.05 Å². The Hall–Kier alpha value is -1.17. The van der Waals surface area contributed by atoms with Gasteiger partial charge in [0, 0.05) is 36.3 Å². The molecule has 0 aromatic carbocycles. The Morgan fingerprint density at radius 2 is 2.33 bits per heavy atom. The Morgan fingerprint density at radius 1 is 1.56 bits per heavy atom. The number of nitrogens with zero attached hydrogens (tertiary/aromatic N) is 2. The van der Waals surface area contributed by atoms with Crippen LogP contribution in [0.15, 0.2) is 23.7 Å². The molecule has 2 heterocycles. The van der Waals surface area contributed by atoms with Gasteiger partial charge < -0.3 is 10.4 Å². The van der Waals surface area contributed by atoms with Crippen LogP contribution >= 0.6 is 11.3 Å². The number of aromatic nitrogens is 2. The molecule has 0 amide bonds. The molecule has 98 valence electrons. The first-order chi connectivity index (χ1) is 8.50. The van der Waals surface area contributed by atoms with Crippen LogP contribution < -0.4 is 5.32 Å². The van der Waals surface area contributed by atoms with E-state index >= 15 is 0 Å². The van der Waals surface area contributed by atoms with Crippen molar-refractivity contribution in [2.75, 3.05) is 6.54 Å². The summed E-state index contributed by atoms with van der Waals surface area (Å²) in [6.07, 6.45) is 1.86. The van der Waals surface area contributed by atoms with Gasteiger partial charge in [-0.05, 0) is 25.3 Å². The summed E-state index contributed by atoms with van der Waals surface area (Å²) in [6.45, 7) is 5.13. The third-order valence-electron chi connectivity index (χ3n) is 3.17. The van der Waals surface area contributed by atoms with Gasteiger partial charge in [0.15, 0.2) is 0 Å². The molecule has 0 fully saturated rings. The second-order valence-electron chi connectivity index (χ2n) is 4.73. The Morgan fingerprint density at radius 3 is 2.89 bits per heavy atom. The lowest BCUT2D eigenvalue weighted by atomic mass is 10.1. The SMILES string of the molecule is Cc1c(CNCC(C)(O)c2cccs2)cnn1C. The Kier molecular flexibility index (Phi) is 3.85. The van der Waals surface area contributed by atoms with Gasteiger partial charge in [-0.15, -0.1) is 11.3 Å². The third kappa shape index (κ3) is 2.80. The van der Waals surface area contributed by atoms with Crippen molar-refractivity contribution in [1.29, 1.82) is 0 Å². The molecule has 2 aromatic heterocycles. The topological polar surface area (TPSA) is 50.1 Å². The van der Waals surface area contributed by atoms with Gasteiger partial charge >= 0.3 is 0 Å². The molecule has 5 heteroatoms. The zero-order valence-electron chi connectivity index (χ0n) is 11.0. The van der Waals surface area contributed by atoms with Crippen LogP contribution in [0.1, 0.15) is 23.1 Å². The van der Waals surface area contributed by atoms with Crippen LogP contribution in [0.3, 0.4) is 0 Å². The molecule has 0 aliphatic rings. The van der Waals surface area contributed by atoms with Crippen LogP contribution in [0.2, 0.25) is 0 Å². The number of hydrogen-bond donors (Lipinski definition) is 2. The molecule has 18 heavy (non-hydrogen) atoms. The maximum Gasteiger partial charge on any atom is 0.108 e. The average Bonchev–Trinajstić information content (AvgIpc) is 2.94. The summed E-state index contributed by atoms with van der Waals surface area (Å²) in [6, 6.07) is 3.92. The molecule has 0 radical (unpaired) electrons. The van der Waals surface area contributed by atoms with Crippen molar-refractivity contribution in [3.8, 4) is 0 Å². The predicted molar refractivity (Wildman–Crippen MR) is 73.5 cm³/mol. The van der Waals surface area contributed by atoms with Gasteiger partial charge in [0.05, 0.1) is 6.20 Å². The molecular formula is C13H19N3OS. The standard InChI is InChI=1S/C13H19N3OS/c1-10-11(8-15-16(10)3)7-14-9-13(2,17)12-5-4-6-18-12/h4-6,8,14,17H,7,9H2,1-3H3. The van der Waals surface area contributed by atoms with Gasteiger partial charge in [0.1, 0.15) is 5.60 Å². The summed E-state index contributed by atoms with van der Waals surface area (Å²) in [7, 11) is 1.93. The van der Waals surface area contributed by atoms with E-state index in [1.54, 1.807) is 11.3 Å². The molecule has 2 rings (SSSR count). The molecule has 0 aliphatic carbocycles. The van der Waals surface area contributed by atoms with Crippen molar-refractivity contribution in [3.63, 3.8) is 0 Å². The highest BCUT2D eigenvalue weighted by molar-refractivity contribution is 7.10. The first-order valence-corrected chi connectivity index (χ1v) is 6.83.